The molecule has 0 bridgehead atoms. The van der Waals surface area contributed by atoms with Gasteiger partial charge in [0.15, 0.2) is 5.78 Å². The van der Waals surface area contributed by atoms with Gasteiger partial charge in [-0.25, -0.2) is 8.78 Å². The lowest BCUT2D eigenvalue weighted by atomic mass is 10.0. The molecular formula is C24H15Cl5F2N2O2. The summed E-state index contributed by atoms with van der Waals surface area (Å²) in [5, 5.41) is 3.36. The van der Waals surface area contributed by atoms with E-state index >= 15 is 0 Å². The van der Waals surface area contributed by atoms with Gasteiger partial charge in [0.25, 0.3) is 0 Å². The fourth-order valence-corrected chi connectivity index (χ4v) is 5.22. The van der Waals surface area contributed by atoms with Gasteiger partial charge in [-0.05, 0) is 48.0 Å². The first-order valence-corrected chi connectivity index (χ1v) is 12.0. The highest BCUT2D eigenvalue weighted by Gasteiger charge is 2.67. The first-order chi connectivity index (χ1) is 16.4. The molecule has 35 heavy (non-hydrogen) atoms. The number of hydrogen-bond acceptors (Lipinski definition) is 3. The summed E-state index contributed by atoms with van der Waals surface area (Å²) < 4.78 is 26.9. The third kappa shape index (κ3) is 5.23. The van der Waals surface area contributed by atoms with Gasteiger partial charge in [0.1, 0.15) is 16.0 Å². The van der Waals surface area contributed by atoms with Gasteiger partial charge in [-0.1, -0.05) is 40.9 Å². The number of nitrogens with one attached hydrogen (secondary N) is 1. The number of alkyl halides is 2. The first kappa shape index (κ1) is 26.0. The summed E-state index contributed by atoms with van der Waals surface area (Å²) in [6.07, 6.45) is -0.594. The molecule has 1 aliphatic rings. The molecular weight excluding hydrogens is 564 g/mol. The summed E-state index contributed by atoms with van der Waals surface area (Å²) in [6, 6.07) is 10.9. The van der Waals surface area contributed by atoms with Gasteiger partial charge in [0.05, 0.1) is 21.0 Å². The minimum absolute atomic E-state index is 0.0278. The van der Waals surface area contributed by atoms with Crippen LogP contribution in [0.1, 0.15) is 27.4 Å². The second-order valence-corrected chi connectivity index (χ2v) is 10.7. The Morgan fingerprint density at radius 1 is 0.914 bits per heavy atom. The Kier molecular flexibility index (Phi) is 7.24. The number of ketones is 1. The Hall–Kier alpha value is -2.09. The number of Topliss-reactive ketones (excluding diaryl/α,β-unsaturated/α-hetero) is 1. The zero-order chi connectivity index (χ0) is 25.7. The molecule has 2 atom stereocenters. The quantitative estimate of drug-likeness (QED) is 0.181. The van der Waals surface area contributed by atoms with E-state index in [1.165, 1.54) is 18.2 Å². The Morgan fingerprint density at radius 2 is 1.54 bits per heavy atom. The molecule has 0 heterocycles. The van der Waals surface area contributed by atoms with Crippen LogP contribution in [0.3, 0.4) is 0 Å². The van der Waals surface area contributed by atoms with Crippen molar-refractivity contribution in [1.29, 1.82) is 0 Å². The van der Waals surface area contributed by atoms with Gasteiger partial charge in [-0.3, -0.25) is 9.59 Å². The van der Waals surface area contributed by atoms with Crippen LogP contribution in [0.4, 0.5) is 20.2 Å². The zero-order valence-corrected chi connectivity index (χ0v) is 21.3. The molecule has 1 saturated carbocycles. The summed E-state index contributed by atoms with van der Waals surface area (Å²) in [5.41, 5.74) is 5.71. The topological polar surface area (TPSA) is 72.2 Å². The molecule has 3 N–H and O–H groups in total. The maximum Gasteiger partial charge on any atom is 0.231 e. The van der Waals surface area contributed by atoms with E-state index in [1.54, 1.807) is 18.2 Å². The lowest BCUT2D eigenvalue weighted by Crippen LogP contribution is -2.17. The van der Waals surface area contributed by atoms with Crippen LogP contribution in [0.25, 0.3) is 0 Å². The molecule has 3 aromatic rings. The molecule has 1 fully saturated rings. The SMILES string of the molecule is Nc1cc(F)c(CC(=O)c2cc(NC(=O)[C@H]3[C@H](c4ccc(Cl)c(Cl)c4)C3(Cl)Cl)ccc2Cl)c(F)c1. The van der Waals surface area contributed by atoms with Crippen molar-refractivity contribution in [3.05, 3.63) is 91.9 Å². The molecule has 4 rings (SSSR count). The maximum absolute atomic E-state index is 14.1. The van der Waals surface area contributed by atoms with Crippen molar-refractivity contribution in [2.75, 3.05) is 11.1 Å². The van der Waals surface area contributed by atoms with Gasteiger partial charge in [-0.15, -0.1) is 23.2 Å². The highest BCUT2D eigenvalue weighted by molar-refractivity contribution is 6.53. The predicted octanol–water partition coefficient (Wildman–Crippen LogP) is 7.46. The van der Waals surface area contributed by atoms with Gasteiger partial charge >= 0.3 is 0 Å². The average molecular weight is 579 g/mol. The number of benzene rings is 3. The van der Waals surface area contributed by atoms with Crippen LogP contribution in [0.5, 0.6) is 0 Å². The molecule has 0 saturated heterocycles. The van der Waals surface area contributed by atoms with E-state index in [1.807, 2.05) is 0 Å². The number of nitrogen functional groups attached to an aromatic ring is 1. The third-order valence-corrected chi connectivity index (χ3v) is 7.68. The molecule has 4 nitrogen and oxygen atoms in total. The van der Waals surface area contributed by atoms with E-state index in [0.717, 1.165) is 12.1 Å². The largest absolute Gasteiger partial charge is 0.399 e. The van der Waals surface area contributed by atoms with Crippen LogP contribution >= 0.6 is 58.0 Å². The van der Waals surface area contributed by atoms with E-state index in [9.17, 15) is 18.4 Å². The number of amides is 1. The van der Waals surface area contributed by atoms with Crippen molar-refractivity contribution in [2.45, 2.75) is 16.7 Å². The van der Waals surface area contributed by atoms with Crippen LogP contribution in [0, 0.1) is 17.6 Å². The molecule has 0 spiro atoms. The third-order valence-electron chi connectivity index (χ3n) is 5.67. The number of hydrogen-bond donors (Lipinski definition) is 2. The Labute approximate surface area is 224 Å². The summed E-state index contributed by atoms with van der Waals surface area (Å²) in [4.78, 5) is 25.7. The average Bonchev–Trinajstić information content (AvgIpc) is 3.35. The highest BCUT2D eigenvalue weighted by atomic mass is 35.5. The fraction of sp³-hybridized carbons (Fsp3) is 0.167. The summed E-state index contributed by atoms with van der Waals surface area (Å²) >= 11 is 30.9. The van der Waals surface area contributed by atoms with Crippen molar-refractivity contribution >= 4 is 81.1 Å². The Balaban J connectivity index is 1.52. The fourth-order valence-electron chi connectivity index (χ4n) is 3.86. The second kappa shape index (κ2) is 9.75. The lowest BCUT2D eigenvalue weighted by molar-refractivity contribution is -0.117. The van der Waals surface area contributed by atoms with Gasteiger partial charge < -0.3 is 11.1 Å². The predicted molar refractivity (Wildman–Crippen MR) is 136 cm³/mol. The lowest BCUT2D eigenvalue weighted by Gasteiger charge is -2.10. The number of nitrogens with two attached hydrogens (primary N) is 1. The molecule has 0 unspecified atom stereocenters. The van der Waals surface area contributed by atoms with Crippen LogP contribution in [-0.2, 0) is 11.2 Å². The Morgan fingerprint density at radius 3 is 2.17 bits per heavy atom. The first-order valence-electron chi connectivity index (χ1n) is 10.1. The summed E-state index contributed by atoms with van der Waals surface area (Å²) in [5.74, 6) is -4.39. The van der Waals surface area contributed by atoms with Crippen LogP contribution in [-0.4, -0.2) is 16.0 Å². The molecule has 0 radical (unpaired) electrons. The Bertz CT molecular complexity index is 1340. The van der Waals surface area contributed by atoms with Gasteiger partial charge in [0.2, 0.25) is 5.91 Å². The number of anilines is 2. The second-order valence-electron chi connectivity index (χ2n) is 8.05. The summed E-state index contributed by atoms with van der Waals surface area (Å²) in [7, 11) is 0. The molecule has 11 heteroatoms. The van der Waals surface area contributed by atoms with Crippen molar-refractivity contribution in [3.63, 3.8) is 0 Å². The van der Waals surface area contributed by atoms with Crippen LogP contribution in [0.15, 0.2) is 48.5 Å². The smallest absolute Gasteiger partial charge is 0.231 e. The number of carbonyl (C=O) groups is 2. The summed E-state index contributed by atoms with van der Waals surface area (Å²) in [6.45, 7) is 0. The number of rotatable bonds is 6. The van der Waals surface area contributed by atoms with Crippen LogP contribution < -0.4 is 11.1 Å². The monoisotopic (exact) mass is 576 g/mol. The van der Waals surface area contributed by atoms with Crippen molar-refractivity contribution in [3.8, 4) is 0 Å². The van der Waals surface area contributed by atoms with Crippen molar-refractivity contribution < 1.29 is 18.4 Å². The highest BCUT2D eigenvalue weighted by Crippen LogP contribution is 2.65. The number of carbonyl (C=O) groups excluding carboxylic acids is 2. The van der Waals surface area contributed by atoms with E-state index < -0.39 is 51.5 Å². The normalized spacial score (nSPS) is 18.3. The van der Waals surface area contributed by atoms with E-state index in [0.29, 0.717) is 15.6 Å². The van der Waals surface area contributed by atoms with Crippen molar-refractivity contribution in [2.24, 2.45) is 5.92 Å². The number of halogens is 7. The molecule has 1 amide bonds. The molecule has 3 aromatic carbocycles. The molecule has 182 valence electrons. The van der Waals surface area contributed by atoms with Gasteiger partial charge in [-0.2, -0.15) is 0 Å². The molecule has 0 aromatic heterocycles. The molecule has 0 aliphatic heterocycles. The maximum atomic E-state index is 14.1. The molecule has 1 aliphatic carbocycles. The zero-order valence-electron chi connectivity index (χ0n) is 17.5. The van der Waals surface area contributed by atoms with Gasteiger partial charge in [0, 0.05) is 34.8 Å². The van der Waals surface area contributed by atoms with E-state index in [-0.39, 0.29) is 22.0 Å². The van der Waals surface area contributed by atoms with E-state index in [4.69, 9.17) is 63.7 Å². The minimum Gasteiger partial charge on any atom is -0.399 e. The van der Waals surface area contributed by atoms with Crippen molar-refractivity contribution in [1.82, 2.24) is 0 Å². The standard InChI is InChI=1S/C24H15Cl5F2N2O2/c25-15-4-2-12(8-13(15)20(34)9-14-18(30)6-11(32)7-19(14)31)33-23(35)22-21(24(22,28)29)10-1-3-16(26)17(27)5-10/h1-8,21-22H,9,32H2,(H,33,35)/t21-,22+/m0/s1. The van der Waals surface area contributed by atoms with Crippen LogP contribution in [0.2, 0.25) is 15.1 Å². The minimum atomic E-state index is -1.38. The van der Waals surface area contributed by atoms with E-state index in [2.05, 4.69) is 5.32 Å².